The monoisotopic (exact) mass is 460 g/mol. The van der Waals surface area contributed by atoms with Crippen LogP contribution in [0.5, 0.6) is 0 Å². The number of anilines is 1. The van der Waals surface area contributed by atoms with Crippen molar-refractivity contribution in [1.82, 2.24) is 15.5 Å². The normalized spacial score (nSPS) is 20.5. The Morgan fingerprint density at radius 2 is 1.94 bits per heavy atom. The number of piperidine rings is 1. The lowest BCUT2D eigenvalue weighted by atomic mass is 10.0. The van der Waals surface area contributed by atoms with Gasteiger partial charge in [0.2, 0.25) is 17.7 Å². The first kappa shape index (κ1) is 24.7. The maximum absolute atomic E-state index is 12.8. The van der Waals surface area contributed by atoms with Crippen molar-refractivity contribution in [3.63, 3.8) is 0 Å². The first-order chi connectivity index (χ1) is 15.6. The zero-order chi connectivity index (χ0) is 24.2. The Balaban J connectivity index is 1.45. The molecule has 0 bridgehead atoms. The van der Waals surface area contributed by atoms with Crippen molar-refractivity contribution >= 4 is 29.3 Å². The van der Waals surface area contributed by atoms with Crippen molar-refractivity contribution in [2.24, 2.45) is 0 Å². The fraction of sp³-hybridized carbons (Fsp3) is 0.565. The average Bonchev–Trinajstić information content (AvgIpc) is 2.99. The Kier molecular flexibility index (Phi) is 7.70. The number of carbonyl (C=O) groups excluding carboxylic acids is 4. The molecule has 1 aromatic rings. The number of hydrogen-bond donors (Lipinski definition) is 4. The van der Waals surface area contributed by atoms with Gasteiger partial charge in [-0.05, 0) is 58.2 Å². The molecule has 2 aliphatic rings. The van der Waals surface area contributed by atoms with Crippen LogP contribution in [-0.4, -0.2) is 65.0 Å². The van der Waals surface area contributed by atoms with Gasteiger partial charge in [-0.3, -0.25) is 29.4 Å². The molecule has 1 fully saturated rings. The molecule has 0 spiro atoms. The van der Waals surface area contributed by atoms with Crippen molar-refractivity contribution in [3.05, 3.63) is 29.3 Å². The number of fused-ring (bicyclic) bond motifs is 1. The van der Waals surface area contributed by atoms with Gasteiger partial charge in [0.25, 0.3) is 5.91 Å². The van der Waals surface area contributed by atoms with E-state index in [0.717, 1.165) is 23.4 Å². The van der Waals surface area contributed by atoms with E-state index >= 15 is 0 Å². The zero-order valence-corrected chi connectivity index (χ0v) is 19.3. The van der Waals surface area contributed by atoms with Crippen LogP contribution in [0.25, 0.3) is 0 Å². The third-order valence-electron chi connectivity index (χ3n) is 5.50. The number of nitrogens with zero attached hydrogens (tertiary/aromatic N) is 1. The number of carbonyl (C=O) groups is 4. The summed E-state index contributed by atoms with van der Waals surface area (Å²) < 4.78 is 5.43. The van der Waals surface area contributed by atoms with E-state index in [1.165, 1.54) is 0 Å². The minimum atomic E-state index is -1.25. The standard InChI is InChI=1S/C23H32N4O6/c1-23(2,3)33-13-19(29)25-11-5-4-10-24-14-6-7-15-16(12-14)22(32)27(21(15)31)17-8-9-18(28)26-20(17)30/h6-7,12,17,22,24,32H,4-5,8-11,13H2,1-3H3,(H,25,29)(H,26,28,30). The van der Waals surface area contributed by atoms with Crippen LogP contribution in [0.15, 0.2) is 18.2 Å². The van der Waals surface area contributed by atoms with E-state index in [1.807, 2.05) is 20.8 Å². The van der Waals surface area contributed by atoms with Crippen LogP contribution in [0.3, 0.4) is 0 Å². The van der Waals surface area contributed by atoms with Crippen molar-refractivity contribution in [3.8, 4) is 0 Å². The molecule has 2 atom stereocenters. The second-order valence-electron chi connectivity index (χ2n) is 9.24. The molecule has 1 aromatic carbocycles. The Bertz CT molecular complexity index is 926. The van der Waals surface area contributed by atoms with Crippen LogP contribution in [0.4, 0.5) is 5.69 Å². The second-order valence-corrected chi connectivity index (χ2v) is 9.24. The highest BCUT2D eigenvalue weighted by molar-refractivity contribution is 6.05. The Labute approximate surface area is 193 Å². The van der Waals surface area contributed by atoms with E-state index in [9.17, 15) is 24.3 Å². The Morgan fingerprint density at radius 3 is 2.64 bits per heavy atom. The highest BCUT2D eigenvalue weighted by Crippen LogP contribution is 2.36. The van der Waals surface area contributed by atoms with Crippen molar-refractivity contribution in [2.45, 2.75) is 64.3 Å². The van der Waals surface area contributed by atoms with E-state index in [2.05, 4.69) is 16.0 Å². The number of amides is 4. The number of rotatable bonds is 9. The third-order valence-corrected chi connectivity index (χ3v) is 5.50. The summed E-state index contributed by atoms with van der Waals surface area (Å²) in [7, 11) is 0. The van der Waals surface area contributed by atoms with Crippen LogP contribution in [0.2, 0.25) is 0 Å². The fourth-order valence-corrected chi connectivity index (χ4v) is 3.78. The quantitative estimate of drug-likeness (QED) is 0.319. The van der Waals surface area contributed by atoms with Gasteiger partial charge in [-0.15, -0.1) is 0 Å². The molecule has 0 radical (unpaired) electrons. The number of imide groups is 1. The van der Waals surface area contributed by atoms with E-state index < -0.39 is 24.1 Å². The van der Waals surface area contributed by atoms with Crippen molar-refractivity contribution < 1.29 is 29.0 Å². The first-order valence-corrected chi connectivity index (χ1v) is 11.2. The molecule has 3 rings (SSSR count). The molecule has 0 saturated carbocycles. The van der Waals surface area contributed by atoms with Gasteiger partial charge in [0, 0.05) is 36.3 Å². The molecular formula is C23H32N4O6. The van der Waals surface area contributed by atoms with Crippen molar-refractivity contribution in [1.29, 1.82) is 0 Å². The number of aliphatic hydroxyl groups is 1. The molecular weight excluding hydrogens is 428 g/mol. The van der Waals surface area contributed by atoms with Crippen molar-refractivity contribution in [2.75, 3.05) is 25.0 Å². The lowest BCUT2D eigenvalue weighted by Gasteiger charge is -2.31. The maximum Gasteiger partial charge on any atom is 0.257 e. The van der Waals surface area contributed by atoms with Crippen LogP contribution in [0, 0.1) is 0 Å². The topological polar surface area (TPSA) is 137 Å². The fourth-order valence-electron chi connectivity index (χ4n) is 3.78. The van der Waals surface area contributed by atoms with Crippen LogP contribution in [-0.2, 0) is 19.1 Å². The van der Waals surface area contributed by atoms with Gasteiger partial charge in [0.15, 0.2) is 6.23 Å². The van der Waals surface area contributed by atoms with Crippen LogP contribution in [0.1, 0.15) is 68.6 Å². The molecule has 10 nitrogen and oxygen atoms in total. The van der Waals surface area contributed by atoms with Gasteiger partial charge in [0.1, 0.15) is 12.6 Å². The number of hydrogen-bond acceptors (Lipinski definition) is 7. The molecule has 1 saturated heterocycles. The molecule has 33 heavy (non-hydrogen) atoms. The molecule has 4 amide bonds. The van der Waals surface area contributed by atoms with Gasteiger partial charge in [-0.1, -0.05) is 0 Å². The van der Waals surface area contributed by atoms with Gasteiger partial charge < -0.3 is 20.5 Å². The highest BCUT2D eigenvalue weighted by atomic mass is 16.5. The summed E-state index contributed by atoms with van der Waals surface area (Å²) in [6.07, 6.45) is 0.653. The maximum atomic E-state index is 12.8. The van der Waals surface area contributed by atoms with E-state index in [4.69, 9.17) is 4.74 Å². The molecule has 180 valence electrons. The summed E-state index contributed by atoms with van der Waals surface area (Å²) in [5.74, 6) is -1.51. The average molecular weight is 461 g/mol. The lowest BCUT2D eigenvalue weighted by Crippen LogP contribution is -2.53. The van der Waals surface area contributed by atoms with Gasteiger partial charge in [-0.25, -0.2) is 0 Å². The van der Waals surface area contributed by atoms with Gasteiger partial charge >= 0.3 is 0 Å². The summed E-state index contributed by atoms with van der Waals surface area (Å²) in [6, 6.07) is 4.21. The smallest absolute Gasteiger partial charge is 0.257 e. The molecule has 0 aliphatic carbocycles. The first-order valence-electron chi connectivity index (χ1n) is 11.2. The molecule has 0 aromatic heterocycles. The van der Waals surface area contributed by atoms with E-state index in [-0.39, 0.29) is 36.9 Å². The number of ether oxygens (including phenoxy) is 1. The summed E-state index contributed by atoms with van der Waals surface area (Å²) in [5.41, 5.74) is 1.17. The summed E-state index contributed by atoms with van der Waals surface area (Å²) >= 11 is 0. The molecule has 2 heterocycles. The van der Waals surface area contributed by atoms with E-state index in [0.29, 0.717) is 24.2 Å². The largest absolute Gasteiger partial charge is 0.385 e. The highest BCUT2D eigenvalue weighted by Gasteiger charge is 2.44. The molecule has 4 N–H and O–H groups in total. The molecule has 2 aliphatic heterocycles. The molecule has 10 heteroatoms. The summed E-state index contributed by atoms with van der Waals surface area (Å²) in [6.45, 7) is 6.92. The second kappa shape index (κ2) is 10.3. The van der Waals surface area contributed by atoms with Crippen LogP contribution < -0.4 is 16.0 Å². The number of benzene rings is 1. The number of nitrogens with one attached hydrogen (secondary N) is 3. The SMILES string of the molecule is CC(C)(C)OCC(=O)NCCCCNc1ccc2c(c1)C(O)N(C1CCC(=O)NC1=O)C2=O. The zero-order valence-electron chi connectivity index (χ0n) is 19.3. The predicted octanol–water partition coefficient (Wildman–Crippen LogP) is 1.06. The van der Waals surface area contributed by atoms with Gasteiger partial charge in [-0.2, -0.15) is 0 Å². The summed E-state index contributed by atoms with van der Waals surface area (Å²) in [4.78, 5) is 49.2. The van der Waals surface area contributed by atoms with Crippen LogP contribution >= 0.6 is 0 Å². The Morgan fingerprint density at radius 1 is 1.21 bits per heavy atom. The number of unbranched alkanes of at least 4 members (excludes halogenated alkanes) is 1. The number of aliphatic hydroxyl groups excluding tert-OH is 1. The minimum absolute atomic E-state index is 0.0355. The summed E-state index contributed by atoms with van der Waals surface area (Å²) in [5, 5.41) is 19.0. The predicted molar refractivity (Wildman–Crippen MR) is 120 cm³/mol. The lowest BCUT2D eigenvalue weighted by molar-refractivity contribution is -0.139. The van der Waals surface area contributed by atoms with Gasteiger partial charge in [0.05, 0.1) is 5.60 Å². The third kappa shape index (κ3) is 6.29. The Hall–Kier alpha value is -2.98. The molecule has 2 unspecified atom stereocenters. The van der Waals surface area contributed by atoms with E-state index in [1.54, 1.807) is 18.2 Å². The minimum Gasteiger partial charge on any atom is -0.385 e.